The van der Waals surface area contributed by atoms with Gasteiger partial charge in [0.1, 0.15) is 18.1 Å². The summed E-state index contributed by atoms with van der Waals surface area (Å²) < 4.78 is 32.6. The van der Waals surface area contributed by atoms with Crippen LogP contribution in [0.5, 0.6) is 17.2 Å². The first-order valence-corrected chi connectivity index (χ1v) is 10.8. The average molecular weight is 474 g/mol. The Hall–Kier alpha value is -3.56. The van der Waals surface area contributed by atoms with E-state index in [1.165, 1.54) is 20.1 Å². The van der Waals surface area contributed by atoms with Crippen LogP contribution >= 0.6 is 0 Å². The fraction of sp³-hybridized carbons (Fsp3) is 0.500. The third kappa shape index (κ3) is 3.48. The van der Waals surface area contributed by atoms with Gasteiger partial charge in [0.2, 0.25) is 12.5 Å². The van der Waals surface area contributed by atoms with Crippen LogP contribution in [0.15, 0.2) is 17.7 Å². The zero-order chi connectivity index (χ0) is 24.8. The quantitative estimate of drug-likeness (QED) is 0.278. The lowest BCUT2D eigenvalue weighted by atomic mass is 9.63. The Kier molecular flexibility index (Phi) is 6.01. The van der Waals surface area contributed by atoms with Crippen LogP contribution in [0, 0.1) is 11.8 Å². The van der Waals surface area contributed by atoms with Crippen LogP contribution in [-0.4, -0.2) is 51.3 Å². The lowest BCUT2D eigenvalue weighted by Gasteiger charge is -2.39. The molecule has 0 amide bonds. The number of hydrogen-bond donors (Lipinski definition) is 0. The third-order valence-electron chi connectivity index (χ3n) is 6.83. The lowest BCUT2D eigenvalue weighted by molar-refractivity contribution is -0.154. The van der Waals surface area contributed by atoms with Crippen molar-refractivity contribution in [2.45, 2.75) is 38.7 Å². The first-order valence-electron chi connectivity index (χ1n) is 10.8. The first kappa shape index (κ1) is 23.6. The summed E-state index contributed by atoms with van der Waals surface area (Å²) in [7, 11) is 2.33. The molecular formula is C24H26O10. The van der Waals surface area contributed by atoms with Crippen LogP contribution in [0.3, 0.4) is 0 Å². The molecule has 1 aromatic rings. The molecule has 0 saturated carbocycles. The maximum atomic E-state index is 13.7. The molecule has 10 nitrogen and oxygen atoms in total. The molecule has 0 saturated heterocycles. The maximum absolute atomic E-state index is 13.7. The second-order valence-corrected chi connectivity index (χ2v) is 8.68. The standard InChI is InChI=1S/C24H26O10/c1-11-6-14(7-17(26)29-4)24(22(27)23(28)30-5)9-31-21-18(24)15(8-16-20(21)33-10-32-16)19(12(11)2)34-13(3)25/h7-8,11-12,19H,6,9-10H2,1-5H3/t11-,12-,19-,24-/m1/s1. The molecule has 0 fully saturated rings. The number of carbonyl (C=O) groups is 4. The number of esters is 3. The molecule has 0 radical (unpaired) electrons. The predicted octanol–water partition coefficient (Wildman–Crippen LogP) is 2.17. The number of methoxy groups -OCH3 is 2. The van der Waals surface area contributed by atoms with Gasteiger partial charge in [0, 0.05) is 30.0 Å². The van der Waals surface area contributed by atoms with Crippen LogP contribution in [0.1, 0.15) is 44.4 Å². The number of carbonyl (C=O) groups excluding carboxylic acids is 4. The van der Waals surface area contributed by atoms with Crippen LogP contribution in [0.2, 0.25) is 0 Å². The summed E-state index contributed by atoms with van der Waals surface area (Å²) in [5.74, 6) is -2.76. The Bertz CT molecular complexity index is 1100. The van der Waals surface area contributed by atoms with Crippen molar-refractivity contribution in [1.29, 1.82) is 0 Å². The summed E-state index contributed by atoms with van der Waals surface area (Å²) in [6.07, 6.45) is 0.679. The number of ether oxygens (including phenoxy) is 6. The minimum Gasteiger partial charge on any atom is -0.487 e. The largest absolute Gasteiger partial charge is 0.487 e. The predicted molar refractivity (Wildman–Crippen MR) is 114 cm³/mol. The maximum Gasteiger partial charge on any atom is 0.375 e. The SMILES string of the molecule is COC(=O)C=C1C[C@@H](C)[C@@H](C)[C@@H](OC(C)=O)c2cc3c(c4c2[C@@]1(C(=O)C(=O)OC)CO4)OCO3. The second-order valence-electron chi connectivity index (χ2n) is 8.68. The zero-order valence-corrected chi connectivity index (χ0v) is 19.6. The number of benzene rings is 1. The van der Waals surface area contributed by atoms with Gasteiger partial charge >= 0.3 is 17.9 Å². The first-order chi connectivity index (χ1) is 16.1. The Morgan fingerprint density at radius 2 is 1.79 bits per heavy atom. The van der Waals surface area contributed by atoms with Gasteiger partial charge in [-0.3, -0.25) is 9.59 Å². The van der Waals surface area contributed by atoms with Crippen LogP contribution in [0.4, 0.5) is 0 Å². The average Bonchev–Trinajstić information content (AvgIpc) is 3.44. The number of ketones is 1. The fourth-order valence-corrected chi connectivity index (χ4v) is 4.95. The molecule has 10 heteroatoms. The van der Waals surface area contributed by atoms with Gasteiger partial charge in [-0.25, -0.2) is 9.59 Å². The van der Waals surface area contributed by atoms with Gasteiger partial charge in [0.15, 0.2) is 11.5 Å². The van der Waals surface area contributed by atoms with Crippen LogP contribution < -0.4 is 14.2 Å². The Labute approximate surface area is 196 Å². The van der Waals surface area contributed by atoms with E-state index in [0.29, 0.717) is 22.4 Å². The highest BCUT2D eigenvalue weighted by atomic mass is 16.7. The van der Waals surface area contributed by atoms with E-state index < -0.39 is 35.2 Å². The third-order valence-corrected chi connectivity index (χ3v) is 6.83. The Balaban J connectivity index is 2.11. The van der Waals surface area contributed by atoms with Gasteiger partial charge in [-0.2, -0.15) is 0 Å². The van der Waals surface area contributed by atoms with Gasteiger partial charge in [-0.15, -0.1) is 0 Å². The van der Waals surface area contributed by atoms with Crippen molar-refractivity contribution in [3.63, 3.8) is 0 Å². The minimum absolute atomic E-state index is 0.0679. The van der Waals surface area contributed by atoms with E-state index in [0.717, 1.165) is 7.11 Å². The van der Waals surface area contributed by atoms with Crippen molar-refractivity contribution in [3.05, 3.63) is 28.8 Å². The normalized spacial score (nSPS) is 27.7. The van der Waals surface area contributed by atoms with Crippen molar-refractivity contribution in [1.82, 2.24) is 0 Å². The van der Waals surface area contributed by atoms with E-state index in [1.807, 2.05) is 13.8 Å². The number of fused-ring (bicyclic) bond motifs is 2. The molecule has 4 rings (SSSR count). The summed E-state index contributed by atoms with van der Waals surface area (Å²) in [6.45, 7) is 4.78. The molecule has 0 bridgehead atoms. The zero-order valence-electron chi connectivity index (χ0n) is 19.6. The summed E-state index contributed by atoms with van der Waals surface area (Å²) in [5.41, 5.74) is -0.625. The lowest BCUT2D eigenvalue weighted by Crippen LogP contribution is -2.47. The van der Waals surface area contributed by atoms with E-state index in [1.54, 1.807) is 6.07 Å². The van der Waals surface area contributed by atoms with Crippen LogP contribution in [0.25, 0.3) is 0 Å². The highest BCUT2D eigenvalue weighted by Crippen LogP contribution is 2.59. The Morgan fingerprint density at radius 1 is 1.06 bits per heavy atom. The number of rotatable bonds is 4. The highest BCUT2D eigenvalue weighted by Gasteiger charge is 2.58. The van der Waals surface area contributed by atoms with Gasteiger partial charge in [0.25, 0.3) is 5.78 Å². The molecule has 1 aromatic carbocycles. The van der Waals surface area contributed by atoms with Gasteiger partial charge in [0.05, 0.1) is 14.2 Å². The molecule has 3 aliphatic rings. The molecule has 2 aliphatic heterocycles. The topological polar surface area (TPSA) is 124 Å². The summed E-state index contributed by atoms with van der Waals surface area (Å²) in [5, 5.41) is 0. The van der Waals surface area contributed by atoms with Gasteiger partial charge < -0.3 is 28.4 Å². The van der Waals surface area contributed by atoms with Crippen molar-refractivity contribution < 1.29 is 47.6 Å². The molecule has 4 atom stereocenters. The molecule has 1 aliphatic carbocycles. The molecule has 0 aromatic heterocycles. The molecule has 182 valence electrons. The molecule has 0 N–H and O–H groups in total. The smallest absolute Gasteiger partial charge is 0.375 e. The molecular weight excluding hydrogens is 448 g/mol. The van der Waals surface area contributed by atoms with E-state index in [4.69, 9.17) is 28.4 Å². The van der Waals surface area contributed by atoms with E-state index in [9.17, 15) is 19.2 Å². The summed E-state index contributed by atoms with van der Waals surface area (Å²) >= 11 is 0. The second kappa shape index (κ2) is 8.66. The fourth-order valence-electron chi connectivity index (χ4n) is 4.95. The van der Waals surface area contributed by atoms with Crippen molar-refractivity contribution >= 4 is 23.7 Å². The molecule has 34 heavy (non-hydrogen) atoms. The highest BCUT2D eigenvalue weighted by molar-refractivity contribution is 6.38. The molecule has 0 unspecified atom stereocenters. The van der Waals surface area contributed by atoms with E-state index in [2.05, 4.69) is 0 Å². The van der Waals surface area contributed by atoms with Crippen molar-refractivity contribution in [3.8, 4) is 17.2 Å². The summed E-state index contributed by atoms with van der Waals surface area (Å²) in [4.78, 5) is 50.8. The van der Waals surface area contributed by atoms with Crippen LogP contribution in [-0.2, 0) is 38.8 Å². The number of hydrogen-bond acceptors (Lipinski definition) is 10. The molecule has 0 spiro atoms. The monoisotopic (exact) mass is 474 g/mol. The van der Waals surface area contributed by atoms with Crippen molar-refractivity contribution in [2.75, 3.05) is 27.6 Å². The minimum atomic E-state index is -1.71. The molecule has 2 heterocycles. The number of Topliss-reactive ketones (excluding diaryl/α,β-unsaturated/α-hetero) is 1. The summed E-state index contributed by atoms with van der Waals surface area (Å²) in [6, 6.07) is 1.65. The van der Waals surface area contributed by atoms with Gasteiger partial charge in [-0.05, 0) is 24.0 Å². The van der Waals surface area contributed by atoms with Crippen molar-refractivity contribution in [2.24, 2.45) is 11.8 Å². The Morgan fingerprint density at radius 3 is 2.44 bits per heavy atom. The van der Waals surface area contributed by atoms with E-state index >= 15 is 0 Å². The van der Waals surface area contributed by atoms with E-state index in [-0.39, 0.29) is 43.2 Å². The van der Waals surface area contributed by atoms with Gasteiger partial charge in [-0.1, -0.05) is 13.8 Å².